The van der Waals surface area contributed by atoms with Crippen LogP contribution in [0.15, 0.2) is 39.6 Å². The predicted molar refractivity (Wildman–Crippen MR) is 84.6 cm³/mol. The van der Waals surface area contributed by atoms with Crippen molar-refractivity contribution in [3.63, 3.8) is 0 Å². The number of rotatable bonds is 7. The highest BCUT2D eigenvalue weighted by atomic mass is 16.5. The Morgan fingerprint density at radius 2 is 2.05 bits per heavy atom. The molecule has 1 aromatic carbocycles. The zero-order chi connectivity index (χ0) is 16.1. The van der Waals surface area contributed by atoms with Gasteiger partial charge in [0.2, 0.25) is 0 Å². The first-order valence-electron chi connectivity index (χ1n) is 7.53. The van der Waals surface area contributed by atoms with Gasteiger partial charge in [0, 0.05) is 18.2 Å². The molecule has 0 aliphatic carbocycles. The van der Waals surface area contributed by atoms with E-state index in [1.165, 1.54) is 4.57 Å². The molecule has 0 bridgehead atoms. The number of aliphatic hydroxyl groups is 1. The maximum Gasteiger partial charge on any atom is 0.441 e. The lowest BCUT2D eigenvalue weighted by Gasteiger charge is -2.26. The van der Waals surface area contributed by atoms with E-state index in [1.807, 2.05) is 37.4 Å². The van der Waals surface area contributed by atoms with E-state index in [2.05, 4.69) is 23.9 Å². The van der Waals surface area contributed by atoms with Crippen LogP contribution in [0.5, 0.6) is 0 Å². The van der Waals surface area contributed by atoms with E-state index >= 15 is 0 Å². The first-order chi connectivity index (χ1) is 10.5. The Balaban J connectivity index is 2.13. The molecule has 0 fully saturated rings. The van der Waals surface area contributed by atoms with Crippen LogP contribution in [0.1, 0.15) is 20.3 Å². The highest BCUT2D eigenvalue weighted by molar-refractivity contribution is 5.54. The third-order valence-electron chi connectivity index (χ3n) is 3.95. The van der Waals surface area contributed by atoms with Crippen LogP contribution < -0.4 is 5.76 Å². The topological polar surface area (TPSA) is 71.5 Å². The molecule has 2 rings (SSSR count). The Hall–Kier alpha value is -1.92. The van der Waals surface area contributed by atoms with Gasteiger partial charge in [0.25, 0.3) is 0 Å². The van der Waals surface area contributed by atoms with E-state index in [4.69, 9.17) is 4.52 Å². The molecule has 1 aromatic heterocycles. The summed E-state index contributed by atoms with van der Waals surface area (Å²) in [4.78, 5) is 13.9. The van der Waals surface area contributed by atoms with Crippen molar-refractivity contribution in [2.24, 2.45) is 0 Å². The fourth-order valence-electron chi connectivity index (χ4n) is 2.32. The van der Waals surface area contributed by atoms with Gasteiger partial charge in [-0.3, -0.25) is 9.09 Å². The number of nitrogens with zero attached hydrogens (tertiary/aromatic N) is 3. The number of hydrogen-bond acceptors (Lipinski definition) is 5. The summed E-state index contributed by atoms with van der Waals surface area (Å²) in [5.74, 6) is -0.111. The zero-order valence-corrected chi connectivity index (χ0v) is 13.3. The molecule has 0 amide bonds. The maximum absolute atomic E-state index is 11.8. The summed E-state index contributed by atoms with van der Waals surface area (Å²) < 4.78 is 6.14. The van der Waals surface area contributed by atoms with Crippen LogP contribution in [0, 0.1) is 0 Å². The Morgan fingerprint density at radius 3 is 2.68 bits per heavy atom. The van der Waals surface area contributed by atoms with Crippen LogP contribution in [-0.2, 0) is 6.54 Å². The molecule has 0 aliphatic heterocycles. The Labute approximate surface area is 130 Å². The minimum absolute atomic E-state index is 0.160. The third-order valence-corrected chi connectivity index (χ3v) is 3.95. The smallest absolute Gasteiger partial charge is 0.390 e. The average molecular weight is 305 g/mol. The normalized spacial score (nSPS) is 14.2. The van der Waals surface area contributed by atoms with Crippen LogP contribution in [0.25, 0.3) is 11.4 Å². The molecule has 6 nitrogen and oxygen atoms in total. The van der Waals surface area contributed by atoms with Crippen LogP contribution in [0.3, 0.4) is 0 Å². The van der Waals surface area contributed by atoms with Crippen molar-refractivity contribution in [1.82, 2.24) is 14.6 Å². The fourth-order valence-corrected chi connectivity index (χ4v) is 2.32. The molecule has 1 heterocycles. The van der Waals surface area contributed by atoms with Gasteiger partial charge in [0.1, 0.15) is 0 Å². The molecule has 0 aliphatic rings. The van der Waals surface area contributed by atoms with Crippen LogP contribution in [0.2, 0.25) is 0 Å². The van der Waals surface area contributed by atoms with Crippen molar-refractivity contribution < 1.29 is 9.63 Å². The molecule has 22 heavy (non-hydrogen) atoms. The minimum atomic E-state index is -0.668. The molecule has 0 spiro atoms. The van der Waals surface area contributed by atoms with E-state index in [0.29, 0.717) is 18.4 Å². The maximum atomic E-state index is 11.8. The molecule has 2 unspecified atom stereocenters. The molecule has 2 aromatic rings. The van der Waals surface area contributed by atoms with Crippen molar-refractivity contribution in [3.8, 4) is 11.4 Å². The lowest BCUT2D eigenvalue weighted by Crippen LogP contribution is -2.38. The van der Waals surface area contributed by atoms with E-state index in [-0.39, 0.29) is 6.54 Å². The van der Waals surface area contributed by atoms with Gasteiger partial charge >= 0.3 is 5.76 Å². The molecule has 6 heteroatoms. The summed E-state index contributed by atoms with van der Waals surface area (Å²) in [6.07, 6.45) is 0.338. The Bertz CT molecular complexity index is 636. The van der Waals surface area contributed by atoms with Crippen molar-refractivity contribution >= 4 is 0 Å². The molecular formula is C16H23N3O3. The summed E-state index contributed by atoms with van der Waals surface area (Å²) in [6.45, 7) is 4.85. The largest absolute Gasteiger partial charge is 0.441 e. The lowest BCUT2D eigenvalue weighted by atomic mass is 10.2. The predicted octanol–water partition coefficient (Wildman–Crippen LogP) is 1.59. The van der Waals surface area contributed by atoms with Gasteiger partial charge in [-0.2, -0.15) is 0 Å². The molecule has 0 radical (unpaired) electrons. The SMILES string of the molecule is CCC(C)N(C)CC(O)Cn1c(-c2ccccc2)noc1=O. The highest BCUT2D eigenvalue weighted by Gasteiger charge is 2.18. The number of benzene rings is 1. The van der Waals surface area contributed by atoms with Gasteiger partial charge in [-0.15, -0.1) is 0 Å². The van der Waals surface area contributed by atoms with Gasteiger partial charge < -0.3 is 10.0 Å². The first kappa shape index (κ1) is 16.5. The highest BCUT2D eigenvalue weighted by Crippen LogP contribution is 2.15. The molecular weight excluding hydrogens is 282 g/mol. The molecule has 1 N–H and O–H groups in total. The number of hydrogen-bond donors (Lipinski definition) is 1. The van der Waals surface area contributed by atoms with Gasteiger partial charge in [0.15, 0.2) is 5.82 Å². The van der Waals surface area contributed by atoms with Crippen molar-refractivity contribution in [3.05, 3.63) is 40.9 Å². The second kappa shape index (κ2) is 7.38. The molecule has 120 valence electrons. The van der Waals surface area contributed by atoms with Crippen LogP contribution in [-0.4, -0.2) is 45.5 Å². The quantitative estimate of drug-likeness (QED) is 0.841. The number of aromatic nitrogens is 2. The molecule has 0 saturated heterocycles. The average Bonchev–Trinajstić information content (AvgIpc) is 2.88. The summed E-state index contributed by atoms with van der Waals surface area (Å²) in [6, 6.07) is 9.71. The van der Waals surface area contributed by atoms with Gasteiger partial charge in [-0.25, -0.2) is 4.79 Å². The minimum Gasteiger partial charge on any atom is -0.390 e. The monoisotopic (exact) mass is 305 g/mol. The molecule has 0 saturated carbocycles. The van der Waals surface area contributed by atoms with E-state index in [1.54, 1.807) is 0 Å². The van der Waals surface area contributed by atoms with Crippen LogP contribution in [0.4, 0.5) is 0 Å². The Kier molecular flexibility index (Phi) is 5.51. The Morgan fingerprint density at radius 1 is 1.36 bits per heavy atom. The summed E-state index contributed by atoms with van der Waals surface area (Å²) >= 11 is 0. The standard InChI is InChI=1S/C16H23N3O3/c1-4-12(2)18(3)10-14(20)11-19-15(17-22-16(19)21)13-8-6-5-7-9-13/h5-9,12,14,20H,4,10-11H2,1-3H3. The van der Waals surface area contributed by atoms with Gasteiger partial charge in [-0.1, -0.05) is 42.4 Å². The summed E-state index contributed by atoms with van der Waals surface area (Å²) in [5, 5.41) is 14.1. The number of likely N-dealkylation sites (N-methyl/N-ethyl adjacent to an activating group) is 1. The second-order valence-electron chi connectivity index (χ2n) is 5.60. The van der Waals surface area contributed by atoms with Gasteiger partial charge in [0.05, 0.1) is 12.6 Å². The van der Waals surface area contributed by atoms with E-state index in [9.17, 15) is 9.90 Å². The van der Waals surface area contributed by atoms with Crippen molar-refractivity contribution in [1.29, 1.82) is 0 Å². The lowest BCUT2D eigenvalue weighted by molar-refractivity contribution is 0.0917. The van der Waals surface area contributed by atoms with Crippen molar-refractivity contribution in [2.75, 3.05) is 13.6 Å². The fraction of sp³-hybridized carbons (Fsp3) is 0.500. The first-order valence-corrected chi connectivity index (χ1v) is 7.53. The van der Waals surface area contributed by atoms with Crippen LogP contribution >= 0.6 is 0 Å². The van der Waals surface area contributed by atoms with E-state index in [0.717, 1.165) is 12.0 Å². The zero-order valence-electron chi connectivity index (χ0n) is 13.3. The second-order valence-corrected chi connectivity index (χ2v) is 5.60. The summed E-state index contributed by atoms with van der Waals surface area (Å²) in [7, 11) is 1.96. The molecule has 2 atom stereocenters. The van der Waals surface area contributed by atoms with Gasteiger partial charge in [-0.05, 0) is 20.4 Å². The number of aliphatic hydroxyl groups excluding tert-OH is 1. The van der Waals surface area contributed by atoms with Crippen molar-refractivity contribution in [2.45, 2.75) is 39.0 Å². The van der Waals surface area contributed by atoms with E-state index < -0.39 is 11.9 Å². The third kappa shape index (κ3) is 3.84. The summed E-state index contributed by atoms with van der Waals surface area (Å²) in [5.41, 5.74) is 0.788.